The third kappa shape index (κ3) is 11.7. The van der Waals surface area contributed by atoms with Gasteiger partial charge < -0.3 is 19.1 Å². The molecule has 0 N–H and O–H groups in total. The highest BCUT2D eigenvalue weighted by atomic mass is 32.2. The number of rotatable bonds is 18. The van der Waals surface area contributed by atoms with E-state index in [0.717, 1.165) is 12.8 Å². The molecular formula is C25H43N3O7S. The van der Waals surface area contributed by atoms with Crippen LogP contribution in [0.15, 0.2) is 0 Å². The van der Waals surface area contributed by atoms with E-state index < -0.39 is 0 Å². The van der Waals surface area contributed by atoms with E-state index in [1.54, 1.807) is 11.9 Å². The average molecular weight is 530 g/mol. The van der Waals surface area contributed by atoms with Crippen LogP contribution in [0.5, 0.6) is 0 Å². The quantitative estimate of drug-likeness (QED) is 0.148. The van der Waals surface area contributed by atoms with Crippen molar-refractivity contribution in [2.24, 2.45) is 5.92 Å². The van der Waals surface area contributed by atoms with Crippen LogP contribution in [-0.4, -0.2) is 123 Å². The minimum Gasteiger partial charge on any atom is -0.378 e. The van der Waals surface area contributed by atoms with Crippen LogP contribution >= 0.6 is 11.8 Å². The number of likely N-dealkylation sites (tertiary alicyclic amines) is 1. The van der Waals surface area contributed by atoms with Crippen molar-refractivity contribution in [3.05, 3.63) is 0 Å². The van der Waals surface area contributed by atoms with E-state index >= 15 is 0 Å². The molecule has 36 heavy (non-hydrogen) atoms. The number of imide groups is 1. The maximum absolute atomic E-state index is 12.6. The lowest BCUT2D eigenvalue weighted by atomic mass is 9.89. The molecule has 206 valence electrons. The zero-order chi connectivity index (χ0) is 26.3. The first-order chi connectivity index (χ1) is 17.3. The summed E-state index contributed by atoms with van der Waals surface area (Å²) in [6.45, 7) is 4.83. The van der Waals surface area contributed by atoms with Gasteiger partial charge in [0, 0.05) is 38.9 Å². The molecule has 0 spiro atoms. The second-order valence-corrected chi connectivity index (χ2v) is 11.0. The molecule has 1 saturated heterocycles. The van der Waals surface area contributed by atoms with E-state index in [0.29, 0.717) is 64.3 Å². The van der Waals surface area contributed by atoms with Gasteiger partial charge in [0.1, 0.15) is 13.2 Å². The number of carbonyl (C=O) groups excluding carboxylic acids is 4. The Morgan fingerprint density at radius 2 is 1.69 bits per heavy atom. The number of Topliss-reactive ketones (excluding diaryl/α,β-unsaturated/α-hetero) is 1. The zero-order valence-electron chi connectivity index (χ0n) is 22.1. The number of likely N-dealkylation sites (N-methyl/N-ethyl adjacent to an activating group) is 2. The van der Waals surface area contributed by atoms with Crippen LogP contribution in [0.4, 0.5) is 0 Å². The summed E-state index contributed by atoms with van der Waals surface area (Å²) in [5.41, 5.74) is 0. The molecule has 0 aromatic rings. The van der Waals surface area contributed by atoms with E-state index in [-0.39, 0.29) is 42.0 Å². The van der Waals surface area contributed by atoms with Gasteiger partial charge in [0.25, 0.3) is 0 Å². The van der Waals surface area contributed by atoms with Crippen molar-refractivity contribution in [2.75, 3.05) is 79.2 Å². The predicted octanol–water partition coefficient (Wildman–Crippen LogP) is 1.41. The van der Waals surface area contributed by atoms with Crippen molar-refractivity contribution < 1.29 is 33.4 Å². The Hall–Kier alpha value is -1.53. The molecule has 2 aliphatic rings. The summed E-state index contributed by atoms with van der Waals surface area (Å²) in [6.07, 6.45) is 6.21. The Morgan fingerprint density at radius 1 is 0.972 bits per heavy atom. The summed E-state index contributed by atoms with van der Waals surface area (Å²) in [5.74, 6) is 0.798. The average Bonchev–Trinajstić information content (AvgIpc) is 3.11. The minimum atomic E-state index is -0.277. The lowest BCUT2D eigenvalue weighted by molar-refractivity contribution is -0.139. The van der Waals surface area contributed by atoms with E-state index in [1.807, 2.05) is 11.9 Å². The predicted molar refractivity (Wildman–Crippen MR) is 138 cm³/mol. The molecule has 2 rings (SSSR count). The van der Waals surface area contributed by atoms with E-state index in [2.05, 4.69) is 0 Å². The van der Waals surface area contributed by atoms with E-state index in [4.69, 9.17) is 14.2 Å². The summed E-state index contributed by atoms with van der Waals surface area (Å²) >= 11 is 1.50. The highest BCUT2D eigenvalue weighted by molar-refractivity contribution is 8.00. The van der Waals surface area contributed by atoms with Crippen molar-refractivity contribution >= 4 is 35.3 Å². The van der Waals surface area contributed by atoms with Gasteiger partial charge in [-0.1, -0.05) is 19.3 Å². The number of thioether (sulfide) groups is 1. The van der Waals surface area contributed by atoms with Gasteiger partial charge in [-0.2, -0.15) is 0 Å². The van der Waals surface area contributed by atoms with Gasteiger partial charge in [0.2, 0.25) is 17.7 Å². The number of carbonyl (C=O) groups is 4. The smallest absolute Gasteiger partial charge is 0.248 e. The van der Waals surface area contributed by atoms with Gasteiger partial charge in [-0.05, 0) is 32.7 Å². The molecular weight excluding hydrogens is 486 g/mol. The van der Waals surface area contributed by atoms with Crippen LogP contribution in [-0.2, 0) is 33.4 Å². The van der Waals surface area contributed by atoms with Crippen LogP contribution in [0.2, 0.25) is 0 Å². The van der Waals surface area contributed by atoms with Crippen LogP contribution in [0.25, 0.3) is 0 Å². The number of amides is 3. The maximum Gasteiger partial charge on any atom is 0.248 e. The van der Waals surface area contributed by atoms with Crippen LogP contribution in [0, 0.1) is 5.92 Å². The molecule has 1 atom stereocenters. The Bertz CT molecular complexity index is 718. The highest BCUT2D eigenvalue weighted by Crippen LogP contribution is 2.29. The van der Waals surface area contributed by atoms with Crippen LogP contribution in [0.1, 0.15) is 45.4 Å². The molecule has 11 heteroatoms. The second-order valence-electron chi connectivity index (χ2n) is 9.65. The Labute approximate surface area is 219 Å². The fourth-order valence-electron chi connectivity index (χ4n) is 4.19. The summed E-state index contributed by atoms with van der Waals surface area (Å²) in [7, 11) is 3.60. The van der Waals surface area contributed by atoms with Crippen molar-refractivity contribution in [3.63, 3.8) is 0 Å². The molecule has 1 aliphatic carbocycles. The Morgan fingerprint density at radius 3 is 2.42 bits per heavy atom. The fourth-order valence-corrected chi connectivity index (χ4v) is 5.22. The summed E-state index contributed by atoms with van der Waals surface area (Å²) in [6, 6.07) is 0. The van der Waals surface area contributed by atoms with Crippen LogP contribution in [0.3, 0.4) is 0 Å². The standard InChI is InChI=1S/C25H43N3O7S/c1-20(29)17-35-18-24(31)27(3)10-9-26(2)19-34-12-11-33-13-14-36-22-15-23(30)28(25(22)32)16-21-7-5-4-6-8-21/h21-22H,4-19H2,1-3H3. The second kappa shape index (κ2) is 17.1. The summed E-state index contributed by atoms with van der Waals surface area (Å²) in [4.78, 5) is 52.7. The summed E-state index contributed by atoms with van der Waals surface area (Å²) in [5, 5.41) is -0.277. The first kappa shape index (κ1) is 30.7. The van der Waals surface area contributed by atoms with Gasteiger partial charge in [0.15, 0.2) is 5.78 Å². The largest absolute Gasteiger partial charge is 0.378 e. The summed E-state index contributed by atoms with van der Waals surface area (Å²) < 4.78 is 16.3. The molecule has 0 aromatic carbocycles. The fraction of sp³-hybridized carbons (Fsp3) is 0.840. The number of ether oxygens (including phenoxy) is 3. The molecule has 1 unspecified atom stereocenters. The zero-order valence-corrected chi connectivity index (χ0v) is 22.9. The van der Waals surface area contributed by atoms with Crippen LogP contribution < -0.4 is 0 Å². The molecule has 2 fully saturated rings. The van der Waals surface area contributed by atoms with Gasteiger partial charge in [0.05, 0.1) is 31.8 Å². The lowest BCUT2D eigenvalue weighted by Crippen LogP contribution is -2.37. The molecule has 0 bridgehead atoms. The monoisotopic (exact) mass is 529 g/mol. The van der Waals surface area contributed by atoms with Gasteiger partial charge in [-0.3, -0.25) is 29.0 Å². The van der Waals surface area contributed by atoms with Crippen molar-refractivity contribution in [2.45, 2.75) is 50.7 Å². The topological polar surface area (TPSA) is 106 Å². The molecule has 1 heterocycles. The van der Waals surface area contributed by atoms with Crippen molar-refractivity contribution in [3.8, 4) is 0 Å². The van der Waals surface area contributed by atoms with Gasteiger partial charge in [-0.25, -0.2) is 0 Å². The number of hydrogen-bond donors (Lipinski definition) is 0. The first-order valence-corrected chi connectivity index (χ1v) is 13.9. The Balaban J connectivity index is 1.46. The minimum absolute atomic E-state index is 0.0293. The van der Waals surface area contributed by atoms with E-state index in [9.17, 15) is 19.2 Å². The van der Waals surface area contributed by atoms with Gasteiger partial charge in [-0.15, -0.1) is 11.8 Å². The molecule has 10 nitrogen and oxygen atoms in total. The molecule has 3 amide bonds. The highest BCUT2D eigenvalue weighted by Gasteiger charge is 2.39. The SMILES string of the molecule is CC(=O)COCC(=O)N(C)CCN(C)COCCOCCSC1CC(=O)N(CC2CCCCC2)C1=O. The number of hydrogen-bond acceptors (Lipinski definition) is 9. The Kier molecular flexibility index (Phi) is 14.6. The molecule has 1 aliphatic heterocycles. The maximum atomic E-state index is 12.6. The number of nitrogens with zero attached hydrogens (tertiary/aromatic N) is 3. The normalized spacial score (nSPS) is 18.9. The molecule has 0 aromatic heterocycles. The third-order valence-electron chi connectivity index (χ3n) is 6.37. The molecule has 1 saturated carbocycles. The van der Waals surface area contributed by atoms with E-state index in [1.165, 1.54) is 42.8 Å². The van der Waals surface area contributed by atoms with Gasteiger partial charge >= 0.3 is 0 Å². The molecule has 0 radical (unpaired) electrons. The lowest BCUT2D eigenvalue weighted by Gasteiger charge is -2.25. The van der Waals surface area contributed by atoms with Crippen molar-refractivity contribution in [1.82, 2.24) is 14.7 Å². The third-order valence-corrected chi connectivity index (χ3v) is 7.55. The van der Waals surface area contributed by atoms with Crippen molar-refractivity contribution in [1.29, 1.82) is 0 Å². The first-order valence-electron chi connectivity index (χ1n) is 12.9. The number of ketones is 1.